The van der Waals surface area contributed by atoms with Crippen LogP contribution in [0.15, 0.2) is 57.5 Å². The number of hydrogen-bond acceptors (Lipinski definition) is 11. The molecule has 11 nitrogen and oxygen atoms in total. The van der Waals surface area contributed by atoms with Crippen LogP contribution in [0, 0.1) is 0 Å². The molecule has 0 saturated heterocycles. The van der Waals surface area contributed by atoms with E-state index >= 15 is 0 Å². The fourth-order valence-corrected chi connectivity index (χ4v) is 5.67. The number of para-hydroxylation sites is 1. The number of allylic oxidation sites excluding steroid dienone is 1. The number of benzene rings is 2. The van der Waals surface area contributed by atoms with Crippen molar-refractivity contribution < 1.29 is 38.0 Å². The Kier molecular flexibility index (Phi) is 10.3. The van der Waals surface area contributed by atoms with Crippen LogP contribution in [0.2, 0.25) is 0 Å². The van der Waals surface area contributed by atoms with Crippen molar-refractivity contribution in [2.24, 2.45) is 4.99 Å². The number of fused-ring (bicyclic) bond motifs is 1. The van der Waals surface area contributed by atoms with E-state index in [1.165, 1.54) is 23.0 Å². The second kappa shape index (κ2) is 14.1. The molecule has 0 N–H and O–H groups in total. The van der Waals surface area contributed by atoms with Gasteiger partial charge in [-0.2, -0.15) is 0 Å². The van der Waals surface area contributed by atoms with Gasteiger partial charge in [0.2, 0.25) is 0 Å². The molecule has 0 saturated carbocycles. The van der Waals surface area contributed by atoms with E-state index in [-0.39, 0.29) is 24.3 Å². The van der Waals surface area contributed by atoms with Gasteiger partial charge in [-0.05, 0) is 57.5 Å². The summed E-state index contributed by atoms with van der Waals surface area (Å²) in [6, 6.07) is 9.59. The van der Waals surface area contributed by atoms with Gasteiger partial charge in [-0.3, -0.25) is 9.36 Å². The van der Waals surface area contributed by atoms with Gasteiger partial charge >= 0.3 is 11.9 Å². The number of carbonyl (C=O) groups is 2. The third-order valence-electron chi connectivity index (χ3n) is 6.48. The molecule has 1 atom stereocenters. The maximum Gasteiger partial charge on any atom is 0.343 e. The molecule has 2 heterocycles. The number of hydrogen-bond donors (Lipinski definition) is 0. The van der Waals surface area contributed by atoms with Crippen LogP contribution in [-0.4, -0.2) is 57.2 Å². The Balaban J connectivity index is 1.92. The zero-order valence-corrected chi connectivity index (χ0v) is 25.7. The Morgan fingerprint density at radius 3 is 2.42 bits per heavy atom. The van der Waals surface area contributed by atoms with Crippen LogP contribution in [0.5, 0.6) is 23.0 Å². The second-order valence-corrected chi connectivity index (χ2v) is 10.1. The van der Waals surface area contributed by atoms with E-state index in [1.54, 1.807) is 51.3 Å². The normalized spacial score (nSPS) is 14.5. The van der Waals surface area contributed by atoms with Crippen LogP contribution in [0.25, 0.3) is 6.08 Å². The smallest absolute Gasteiger partial charge is 0.343 e. The van der Waals surface area contributed by atoms with Crippen molar-refractivity contribution >= 4 is 29.4 Å². The van der Waals surface area contributed by atoms with E-state index in [9.17, 15) is 14.4 Å². The average Bonchev–Trinajstić information content (AvgIpc) is 3.30. The first-order valence-corrected chi connectivity index (χ1v) is 14.5. The molecule has 0 fully saturated rings. The highest BCUT2D eigenvalue weighted by Gasteiger charge is 2.34. The summed E-state index contributed by atoms with van der Waals surface area (Å²) in [6.45, 7) is 7.65. The molecule has 4 rings (SSSR count). The summed E-state index contributed by atoms with van der Waals surface area (Å²) < 4.78 is 34.7. The standard InChI is InChI=1S/C31H34N2O9S/c1-7-39-23-15-19(13-14-21(23)42-17-25(34)38-6)27-26(30(36)41-9-3)18(4)32-31-33(27)29(35)24(43-31)16-20-11-10-12-22(37-5)28(20)40-8-2/h10-16,27H,7-9,17H2,1-6H3/b24-16+/t27-/m0/s1. The van der Waals surface area contributed by atoms with Crippen molar-refractivity contribution in [3.8, 4) is 23.0 Å². The molecule has 2 aromatic carbocycles. The van der Waals surface area contributed by atoms with Crippen LogP contribution < -0.4 is 33.8 Å². The third-order valence-corrected chi connectivity index (χ3v) is 7.46. The van der Waals surface area contributed by atoms with E-state index in [0.29, 0.717) is 62.4 Å². The number of nitrogens with zero attached hydrogens (tertiary/aromatic N) is 2. The van der Waals surface area contributed by atoms with Crippen LogP contribution in [0.4, 0.5) is 0 Å². The first-order chi connectivity index (χ1) is 20.8. The van der Waals surface area contributed by atoms with E-state index < -0.39 is 18.0 Å². The molecule has 0 spiro atoms. The third kappa shape index (κ3) is 6.59. The molecule has 0 amide bonds. The molecule has 1 aromatic heterocycles. The molecule has 43 heavy (non-hydrogen) atoms. The van der Waals surface area contributed by atoms with E-state index in [4.69, 9.17) is 23.7 Å². The van der Waals surface area contributed by atoms with Gasteiger partial charge in [0.25, 0.3) is 5.56 Å². The number of thiazole rings is 1. The fourth-order valence-electron chi connectivity index (χ4n) is 4.63. The Hall–Kier alpha value is -4.58. The van der Waals surface area contributed by atoms with E-state index in [2.05, 4.69) is 9.73 Å². The monoisotopic (exact) mass is 610 g/mol. The second-order valence-electron chi connectivity index (χ2n) is 9.12. The summed E-state index contributed by atoms with van der Waals surface area (Å²) in [5.74, 6) is 0.565. The Morgan fingerprint density at radius 2 is 1.74 bits per heavy atom. The van der Waals surface area contributed by atoms with Gasteiger partial charge in [-0.15, -0.1) is 0 Å². The lowest BCUT2D eigenvalue weighted by atomic mass is 9.95. The number of esters is 2. The summed E-state index contributed by atoms with van der Waals surface area (Å²) in [5, 5.41) is 0. The van der Waals surface area contributed by atoms with Crippen molar-refractivity contribution in [2.75, 3.05) is 40.6 Å². The predicted octanol–water partition coefficient (Wildman–Crippen LogP) is 3.16. The van der Waals surface area contributed by atoms with Gasteiger partial charge in [0.15, 0.2) is 34.4 Å². The quantitative estimate of drug-likeness (QED) is 0.285. The highest BCUT2D eigenvalue weighted by atomic mass is 32.1. The van der Waals surface area contributed by atoms with Gasteiger partial charge < -0.3 is 28.4 Å². The fraction of sp³-hybridized carbons (Fsp3) is 0.355. The molecular formula is C31H34N2O9S. The lowest BCUT2D eigenvalue weighted by molar-refractivity contribution is -0.143. The zero-order chi connectivity index (χ0) is 31.1. The number of ether oxygens (including phenoxy) is 6. The van der Waals surface area contributed by atoms with Crippen molar-refractivity contribution in [1.82, 2.24) is 4.57 Å². The molecule has 228 valence electrons. The first kappa shape index (κ1) is 31.4. The SMILES string of the molecule is CCOC(=O)C1=C(C)N=c2s/c(=C/c3cccc(OC)c3OCC)c(=O)n2[C@H]1c1ccc(OCC(=O)OC)c(OCC)c1. The largest absolute Gasteiger partial charge is 0.493 e. The predicted molar refractivity (Wildman–Crippen MR) is 160 cm³/mol. The van der Waals surface area contributed by atoms with Gasteiger partial charge in [0.1, 0.15) is 0 Å². The molecule has 0 bridgehead atoms. The van der Waals surface area contributed by atoms with Crippen molar-refractivity contribution in [2.45, 2.75) is 33.7 Å². The molecule has 12 heteroatoms. The summed E-state index contributed by atoms with van der Waals surface area (Å²) in [4.78, 5) is 44.1. The summed E-state index contributed by atoms with van der Waals surface area (Å²) >= 11 is 1.20. The van der Waals surface area contributed by atoms with Gasteiger partial charge in [0, 0.05) is 5.56 Å². The average molecular weight is 611 g/mol. The van der Waals surface area contributed by atoms with Crippen LogP contribution >= 0.6 is 11.3 Å². The van der Waals surface area contributed by atoms with Crippen LogP contribution in [0.1, 0.15) is 44.9 Å². The zero-order valence-electron chi connectivity index (χ0n) is 24.9. The molecule has 0 aliphatic carbocycles. The highest BCUT2D eigenvalue weighted by Crippen LogP contribution is 2.37. The molecule has 1 aliphatic rings. The number of methoxy groups -OCH3 is 2. The topological polar surface area (TPSA) is 124 Å². The van der Waals surface area contributed by atoms with Crippen LogP contribution in [-0.2, 0) is 19.1 Å². The van der Waals surface area contributed by atoms with E-state index in [0.717, 1.165) is 0 Å². The van der Waals surface area contributed by atoms with Gasteiger partial charge in [-0.25, -0.2) is 14.6 Å². The molecule has 1 aliphatic heterocycles. The van der Waals surface area contributed by atoms with Crippen molar-refractivity contribution in [1.29, 1.82) is 0 Å². The summed E-state index contributed by atoms with van der Waals surface area (Å²) in [5.41, 5.74) is 1.53. The highest BCUT2D eigenvalue weighted by molar-refractivity contribution is 7.07. The van der Waals surface area contributed by atoms with Crippen LogP contribution in [0.3, 0.4) is 0 Å². The first-order valence-electron chi connectivity index (χ1n) is 13.7. The lowest BCUT2D eigenvalue weighted by Crippen LogP contribution is -2.40. The Morgan fingerprint density at radius 1 is 0.977 bits per heavy atom. The summed E-state index contributed by atoms with van der Waals surface area (Å²) in [7, 11) is 2.82. The Labute approximate surface area is 252 Å². The van der Waals surface area contributed by atoms with E-state index in [1.807, 2.05) is 26.0 Å². The molecule has 0 radical (unpaired) electrons. The summed E-state index contributed by atoms with van der Waals surface area (Å²) in [6.07, 6.45) is 1.73. The Bertz CT molecular complexity index is 1720. The molecular weight excluding hydrogens is 576 g/mol. The number of rotatable bonds is 12. The maximum absolute atomic E-state index is 14.1. The van der Waals surface area contributed by atoms with Crippen molar-refractivity contribution in [3.05, 3.63) is 78.5 Å². The molecule has 0 unspecified atom stereocenters. The number of carbonyl (C=O) groups excluding carboxylic acids is 2. The lowest BCUT2D eigenvalue weighted by Gasteiger charge is -2.25. The minimum atomic E-state index is -0.872. The number of aromatic nitrogens is 1. The maximum atomic E-state index is 14.1. The molecule has 3 aromatic rings. The minimum Gasteiger partial charge on any atom is -0.493 e. The minimum absolute atomic E-state index is 0.146. The van der Waals surface area contributed by atoms with Gasteiger partial charge in [-0.1, -0.05) is 29.5 Å². The van der Waals surface area contributed by atoms with Gasteiger partial charge in [0.05, 0.1) is 55.9 Å². The van der Waals surface area contributed by atoms with Crippen molar-refractivity contribution in [3.63, 3.8) is 0 Å².